The third kappa shape index (κ3) is 5.15. The molecule has 0 saturated carbocycles. The van der Waals surface area contributed by atoms with Crippen molar-refractivity contribution in [1.29, 1.82) is 0 Å². The van der Waals surface area contributed by atoms with Crippen molar-refractivity contribution < 1.29 is 9.18 Å². The van der Waals surface area contributed by atoms with E-state index in [1.165, 1.54) is 12.1 Å². The second-order valence-corrected chi connectivity index (χ2v) is 5.48. The summed E-state index contributed by atoms with van der Waals surface area (Å²) >= 11 is 1.55. The molecule has 1 aromatic carbocycles. The van der Waals surface area contributed by atoms with Crippen LogP contribution in [0.4, 0.5) is 9.52 Å². The summed E-state index contributed by atoms with van der Waals surface area (Å²) in [6.07, 6.45) is 1.62. The van der Waals surface area contributed by atoms with Gasteiger partial charge in [0, 0.05) is 31.8 Å². The Morgan fingerprint density at radius 3 is 2.95 bits per heavy atom. The number of anilines is 1. The van der Waals surface area contributed by atoms with E-state index in [2.05, 4.69) is 15.6 Å². The lowest BCUT2D eigenvalue weighted by Crippen LogP contribution is -2.25. The van der Waals surface area contributed by atoms with Crippen LogP contribution in [0.2, 0.25) is 0 Å². The molecule has 0 saturated heterocycles. The standard InChI is InChI=1S/C15H18FN3OS/c1-17-15-19-13(10-21-15)7-8-18-14(20)6-5-11-3-2-4-12(16)9-11/h2-4,9-10H,5-8H2,1H3,(H,17,19)(H,18,20). The number of thiazole rings is 1. The molecule has 4 nitrogen and oxygen atoms in total. The molecule has 0 aliphatic carbocycles. The van der Waals surface area contributed by atoms with E-state index in [9.17, 15) is 9.18 Å². The molecular formula is C15H18FN3OS. The maximum absolute atomic E-state index is 13.0. The fraction of sp³-hybridized carbons (Fsp3) is 0.333. The molecule has 2 rings (SSSR count). The first kappa shape index (κ1) is 15.4. The highest BCUT2D eigenvalue weighted by Crippen LogP contribution is 2.14. The summed E-state index contributed by atoms with van der Waals surface area (Å²) in [6, 6.07) is 6.34. The maximum atomic E-state index is 13.0. The number of aryl methyl sites for hydroxylation is 1. The van der Waals surface area contributed by atoms with Gasteiger partial charge in [0.15, 0.2) is 5.13 Å². The van der Waals surface area contributed by atoms with Gasteiger partial charge in [0.05, 0.1) is 5.69 Å². The molecular weight excluding hydrogens is 289 g/mol. The second kappa shape index (κ2) is 7.73. The first-order chi connectivity index (χ1) is 10.2. The zero-order valence-corrected chi connectivity index (χ0v) is 12.7. The van der Waals surface area contributed by atoms with E-state index in [-0.39, 0.29) is 11.7 Å². The Morgan fingerprint density at radius 1 is 1.38 bits per heavy atom. The highest BCUT2D eigenvalue weighted by molar-refractivity contribution is 7.13. The van der Waals surface area contributed by atoms with Crippen molar-refractivity contribution in [3.63, 3.8) is 0 Å². The average molecular weight is 307 g/mol. The molecule has 0 atom stereocenters. The first-order valence-electron chi connectivity index (χ1n) is 6.80. The van der Waals surface area contributed by atoms with Gasteiger partial charge < -0.3 is 10.6 Å². The minimum atomic E-state index is -0.267. The number of hydrogen-bond donors (Lipinski definition) is 2. The number of halogens is 1. The van der Waals surface area contributed by atoms with Crippen LogP contribution in [0.25, 0.3) is 0 Å². The highest BCUT2D eigenvalue weighted by Gasteiger charge is 2.04. The van der Waals surface area contributed by atoms with Crippen LogP contribution in [-0.4, -0.2) is 24.5 Å². The lowest BCUT2D eigenvalue weighted by molar-refractivity contribution is -0.121. The van der Waals surface area contributed by atoms with Gasteiger partial charge in [0.25, 0.3) is 0 Å². The normalized spacial score (nSPS) is 10.4. The summed E-state index contributed by atoms with van der Waals surface area (Å²) < 4.78 is 13.0. The molecule has 112 valence electrons. The average Bonchev–Trinajstić information content (AvgIpc) is 2.93. The predicted molar refractivity (Wildman–Crippen MR) is 83.1 cm³/mol. The number of amides is 1. The smallest absolute Gasteiger partial charge is 0.220 e. The van der Waals surface area contributed by atoms with E-state index in [1.807, 2.05) is 18.5 Å². The quantitative estimate of drug-likeness (QED) is 0.827. The molecule has 6 heteroatoms. The van der Waals surface area contributed by atoms with Gasteiger partial charge in [-0.15, -0.1) is 11.3 Å². The lowest BCUT2D eigenvalue weighted by atomic mass is 10.1. The summed E-state index contributed by atoms with van der Waals surface area (Å²) in [5.41, 5.74) is 1.80. The largest absolute Gasteiger partial charge is 0.365 e. The molecule has 2 N–H and O–H groups in total. The molecule has 0 unspecified atom stereocenters. The van der Waals surface area contributed by atoms with Gasteiger partial charge in [-0.25, -0.2) is 9.37 Å². The van der Waals surface area contributed by atoms with Crippen LogP contribution >= 0.6 is 11.3 Å². The number of carbonyl (C=O) groups is 1. The van der Waals surface area contributed by atoms with E-state index in [4.69, 9.17) is 0 Å². The minimum Gasteiger partial charge on any atom is -0.365 e. The zero-order valence-electron chi connectivity index (χ0n) is 11.9. The van der Waals surface area contributed by atoms with Crippen LogP contribution in [0.1, 0.15) is 17.7 Å². The molecule has 1 aromatic heterocycles. The Bertz CT molecular complexity index is 600. The van der Waals surface area contributed by atoms with Crippen molar-refractivity contribution in [2.75, 3.05) is 18.9 Å². The topological polar surface area (TPSA) is 54.0 Å². The summed E-state index contributed by atoms with van der Waals surface area (Å²) in [6.45, 7) is 0.564. The molecule has 0 spiro atoms. The number of carbonyl (C=O) groups excluding carboxylic acids is 1. The number of nitrogens with zero attached hydrogens (tertiary/aromatic N) is 1. The molecule has 0 fully saturated rings. The van der Waals surface area contributed by atoms with Gasteiger partial charge >= 0.3 is 0 Å². The molecule has 21 heavy (non-hydrogen) atoms. The van der Waals surface area contributed by atoms with E-state index in [0.29, 0.717) is 25.8 Å². The van der Waals surface area contributed by atoms with Crippen molar-refractivity contribution in [3.05, 3.63) is 46.7 Å². The second-order valence-electron chi connectivity index (χ2n) is 4.62. The predicted octanol–water partition coefficient (Wildman–Crippen LogP) is 2.62. The monoisotopic (exact) mass is 307 g/mol. The van der Waals surface area contributed by atoms with Gasteiger partial charge in [0.1, 0.15) is 5.82 Å². The van der Waals surface area contributed by atoms with E-state index in [1.54, 1.807) is 17.4 Å². The Hall–Kier alpha value is -1.95. The van der Waals surface area contributed by atoms with Crippen LogP contribution < -0.4 is 10.6 Å². The van der Waals surface area contributed by atoms with E-state index in [0.717, 1.165) is 16.4 Å². The molecule has 0 aliphatic heterocycles. The molecule has 0 aliphatic rings. The van der Waals surface area contributed by atoms with Crippen molar-refractivity contribution >= 4 is 22.4 Å². The number of aromatic nitrogens is 1. The first-order valence-corrected chi connectivity index (χ1v) is 7.68. The fourth-order valence-corrected chi connectivity index (χ4v) is 2.61. The molecule has 0 bridgehead atoms. The lowest BCUT2D eigenvalue weighted by Gasteiger charge is -2.04. The Labute approximate surface area is 127 Å². The molecule has 2 aromatic rings. The summed E-state index contributed by atoms with van der Waals surface area (Å²) in [4.78, 5) is 16.1. The van der Waals surface area contributed by atoms with Crippen molar-refractivity contribution in [1.82, 2.24) is 10.3 Å². The van der Waals surface area contributed by atoms with Gasteiger partial charge in [-0.2, -0.15) is 0 Å². The summed E-state index contributed by atoms with van der Waals surface area (Å²) in [5.74, 6) is -0.292. The van der Waals surface area contributed by atoms with Crippen LogP contribution in [0, 0.1) is 5.82 Å². The van der Waals surface area contributed by atoms with Crippen LogP contribution in [0.5, 0.6) is 0 Å². The maximum Gasteiger partial charge on any atom is 0.220 e. The number of nitrogens with one attached hydrogen (secondary N) is 2. The molecule has 1 heterocycles. The van der Waals surface area contributed by atoms with E-state index >= 15 is 0 Å². The summed E-state index contributed by atoms with van der Waals surface area (Å²) in [7, 11) is 1.83. The molecule has 1 amide bonds. The highest BCUT2D eigenvalue weighted by atomic mass is 32.1. The number of rotatable bonds is 7. The Balaban J connectivity index is 1.67. The fourth-order valence-electron chi connectivity index (χ4n) is 1.91. The number of hydrogen-bond acceptors (Lipinski definition) is 4. The molecule has 0 radical (unpaired) electrons. The van der Waals surface area contributed by atoms with Gasteiger partial charge in [-0.05, 0) is 24.1 Å². The van der Waals surface area contributed by atoms with E-state index < -0.39 is 0 Å². The summed E-state index contributed by atoms with van der Waals surface area (Å²) in [5, 5.41) is 8.69. The van der Waals surface area contributed by atoms with Crippen molar-refractivity contribution in [2.24, 2.45) is 0 Å². The van der Waals surface area contributed by atoms with Gasteiger partial charge in [0.2, 0.25) is 5.91 Å². The van der Waals surface area contributed by atoms with Crippen molar-refractivity contribution in [3.8, 4) is 0 Å². The Morgan fingerprint density at radius 2 is 2.24 bits per heavy atom. The third-order valence-corrected chi connectivity index (χ3v) is 3.91. The van der Waals surface area contributed by atoms with Gasteiger partial charge in [-0.3, -0.25) is 4.79 Å². The SMILES string of the molecule is CNc1nc(CCNC(=O)CCc2cccc(F)c2)cs1. The third-order valence-electron chi connectivity index (χ3n) is 3.00. The van der Waals surface area contributed by atoms with Crippen LogP contribution in [-0.2, 0) is 17.6 Å². The number of benzene rings is 1. The zero-order chi connectivity index (χ0) is 15.1. The Kier molecular flexibility index (Phi) is 5.68. The minimum absolute atomic E-state index is 0.0247. The van der Waals surface area contributed by atoms with Crippen LogP contribution in [0.15, 0.2) is 29.6 Å². The van der Waals surface area contributed by atoms with Crippen molar-refractivity contribution in [2.45, 2.75) is 19.3 Å². The van der Waals surface area contributed by atoms with Crippen LogP contribution in [0.3, 0.4) is 0 Å². The van der Waals surface area contributed by atoms with Gasteiger partial charge in [-0.1, -0.05) is 12.1 Å².